The van der Waals surface area contributed by atoms with Gasteiger partial charge in [-0.25, -0.2) is 0 Å². The second-order valence-electron chi connectivity index (χ2n) is 3.89. The van der Waals surface area contributed by atoms with E-state index in [0.29, 0.717) is 12.1 Å². The van der Waals surface area contributed by atoms with Gasteiger partial charge in [0.25, 0.3) is 5.91 Å². The molecule has 0 aliphatic heterocycles. The van der Waals surface area contributed by atoms with Crippen LogP contribution in [0.15, 0.2) is 40.6 Å². The Morgan fingerprint density at radius 3 is 3.05 bits per heavy atom. The number of nitrogens with one attached hydrogen (secondary N) is 1. The lowest BCUT2D eigenvalue weighted by molar-refractivity contribution is 0.102. The van der Waals surface area contributed by atoms with Gasteiger partial charge in [-0.15, -0.1) is 23.1 Å². The molecule has 2 aromatic rings. The van der Waals surface area contributed by atoms with E-state index in [4.69, 9.17) is 5.73 Å². The van der Waals surface area contributed by atoms with Crippen molar-refractivity contribution in [1.82, 2.24) is 0 Å². The van der Waals surface area contributed by atoms with Crippen molar-refractivity contribution in [2.45, 2.75) is 4.90 Å². The van der Waals surface area contributed by atoms with E-state index in [2.05, 4.69) is 17.2 Å². The van der Waals surface area contributed by atoms with Crippen molar-refractivity contribution in [2.24, 2.45) is 5.73 Å². The Morgan fingerprint density at radius 2 is 2.30 bits per heavy atom. The van der Waals surface area contributed by atoms with Gasteiger partial charge in [-0.05, 0) is 30.5 Å². The summed E-state index contributed by atoms with van der Waals surface area (Å²) in [6.07, 6.45) is 2.00. The molecular formula is C15H14N2OS2. The topological polar surface area (TPSA) is 55.1 Å². The van der Waals surface area contributed by atoms with Gasteiger partial charge in [0, 0.05) is 16.0 Å². The summed E-state index contributed by atoms with van der Waals surface area (Å²) in [5, 5.41) is 4.68. The van der Waals surface area contributed by atoms with Crippen LogP contribution in [0.1, 0.15) is 15.2 Å². The maximum absolute atomic E-state index is 12.1. The van der Waals surface area contributed by atoms with Crippen LogP contribution in [0.3, 0.4) is 0 Å². The van der Waals surface area contributed by atoms with E-state index in [-0.39, 0.29) is 5.91 Å². The van der Waals surface area contributed by atoms with Gasteiger partial charge in [0.2, 0.25) is 0 Å². The summed E-state index contributed by atoms with van der Waals surface area (Å²) < 4.78 is 0. The molecule has 0 atom stereocenters. The smallest absolute Gasteiger partial charge is 0.256 e. The summed E-state index contributed by atoms with van der Waals surface area (Å²) in [5.41, 5.74) is 6.73. The normalized spacial score (nSPS) is 9.70. The molecule has 0 radical (unpaired) electrons. The van der Waals surface area contributed by atoms with Crippen molar-refractivity contribution in [2.75, 3.05) is 18.1 Å². The molecule has 3 nitrogen and oxygen atoms in total. The quantitative estimate of drug-likeness (QED) is 0.677. The SMILES string of the molecule is CSc1cccc(NC(=O)c2csc(C#CCN)c2)c1. The predicted molar refractivity (Wildman–Crippen MR) is 86.4 cm³/mol. The molecule has 0 aliphatic carbocycles. The van der Waals surface area contributed by atoms with Gasteiger partial charge >= 0.3 is 0 Å². The monoisotopic (exact) mass is 302 g/mol. The fourth-order valence-electron chi connectivity index (χ4n) is 1.56. The third-order valence-electron chi connectivity index (χ3n) is 2.50. The second kappa shape index (κ2) is 7.15. The number of anilines is 1. The number of carbonyl (C=O) groups is 1. The van der Waals surface area contributed by atoms with E-state index in [9.17, 15) is 4.79 Å². The second-order valence-corrected chi connectivity index (χ2v) is 5.68. The molecule has 0 bridgehead atoms. The molecule has 2 rings (SSSR count). The number of hydrogen-bond acceptors (Lipinski definition) is 4. The van der Waals surface area contributed by atoms with Crippen LogP contribution in [-0.4, -0.2) is 18.7 Å². The minimum absolute atomic E-state index is 0.125. The van der Waals surface area contributed by atoms with E-state index in [0.717, 1.165) is 15.5 Å². The zero-order valence-corrected chi connectivity index (χ0v) is 12.6. The molecule has 0 fully saturated rings. The van der Waals surface area contributed by atoms with Crippen molar-refractivity contribution in [3.63, 3.8) is 0 Å². The first-order chi connectivity index (χ1) is 9.72. The van der Waals surface area contributed by atoms with Gasteiger partial charge in [-0.2, -0.15) is 0 Å². The molecule has 102 valence electrons. The third-order valence-corrected chi connectivity index (χ3v) is 4.07. The highest BCUT2D eigenvalue weighted by molar-refractivity contribution is 7.98. The molecular weight excluding hydrogens is 288 g/mol. The summed E-state index contributed by atoms with van der Waals surface area (Å²) in [6, 6.07) is 9.53. The lowest BCUT2D eigenvalue weighted by Crippen LogP contribution is -2.10. The fourth-order valence-corrected chi connectivity index (χ4v) is 2.78. The summed E-state index contributed by atoms with van der Waals surface area (Å²) in [4.78, 5) is 14.1. The highest BCUT2D eigenvalue weighted by Crippen LogP contribution is 2.20. The Morgan fingerprint density at radius 1 is 1.45 bits per heavy atom. The van der Waals surface area contributed by atoms with Crippen LogP contribution in [0.2, 0.25) is 0 Å². The molecule has 0 spiro atoms. The summed E-state index contributed by atoms with van der Waals surface area (Å²) in [6.45, 7) is 0.320. The van der Waals surface area contributed by atoms with Gasteiger partial charge in [0.05, 0.1) is 17.0 Å². The van der Waals surface area contributed by atoms with E-state index >= 15 is 0 Å². The first-order valence-corrected chi connectivity index (χ1v) is 8.06. The van der Waals surface area contributed by atoms with Crippen molar-refractivity contribution in [1.29, 1.82) is 0 Å². The predicted octanol–water partition coefficient (Wildman–Crippen LogP) is 3.03. The molecule has 0 unspecified atom stereocenters. The summed E-state index contributed by atoms with van der Waals surface area (Å²) in [5.74, 6) is 5.57. The largest absolute Gasteiger partial charge is 0.322 e. The number of thioether (sulfide) groups is 1. The number of amides is 1. The summed E-state index contributed by atoms with van der Waals surface area (Å²) >= 11 is 3.08. The first-order valence-electron chi connectivity index (χ1n) is 5.96. The first kappa shape index (κ1) is 14.7. The van der Waals surface area contributed by atoms with Gasteiger partial charge in [-0.1, -0.05) is 17.9 Å². The zero-order valence-electron chi connectivity index (χ0n) is 11.0. The van der Waals surface area contributed by atoms with Crippen molar-refractivity contribution >= 4 is 34.7 Å². The van der Waals surface area contributed by atoms with Crippen LogP contribution in [0, 0.1) is 11.8 Å². The van der Waals surface area contributed by atoms with Crippen LogP contribution in [-0.2, 0) is 0 Å². The van der Waals surface area contributed by atoms with Crippen LogP contribution in [0.5, 0.6) is 0 Å². The minimum Gasteiger partial charge on any atom is -0.322 e. The average Bonchev–Trinajstić information content (AvgIpc) is 2.94. The van der Waals surface area contributed by atoms with Gasteiger partial charge in [-0.3, -0.25) is 4.79 Å². The number of thiophene rings is 1. The van der Waals surface area contributed by atoms with Crippen LogP contribution in [0.25, 0.3) is 0 Å². The third kappa shape index (κ3) is 3.87. The van der Waals surface area contributed by atoms with E-state index < -0.39 is 0 Å². The number of rotatable bonds is 3. The maximum atomic E-state index is 12.1. The van der Waals surface area contributed by atoms with Crippen LogP contribution >= 0.6 is 23.1 Å². The van der Waals surface area contributed by atoms with E-state index in [1.165, 1.54) is 11.3 Å². The average molecular weight is 302 g/mol. The van der Waals surface area contributed by atoms with Gasteiger partial charge < -0.3 is 11.1 Å². The molecule has 1 heterocycles. The Labute approximate surface area is 126 Å². The molecule has 0 saturated heterocycles. The highest BCUT2D eigenvalue weighted by Gasteiger charge is 2.08. The van der Waals surface area contributed by atoms with Crippen molar-refractivity contribution in [3.8, 4) is 11.8 Å². The zero-order chi connectivity index (χ0) is 14.4. The van der Waals surface area contributed by atoms with Crippen molar-refractivity contribution < 1.29 is 4.79 Å². The molecule has 1 aromatic heterocycles. The van der Waals surface area contributed by atoms with Gasteiger partial charge in [0.1, 0.15) is 0 Å². The Bertz CT molecular complexity index is 668. The standard InChI is InChI=1S/C15H14N2OS2/c1-19-13-5-2-4-12(9-13)17-15(18)11-8-14(20-10-11)6-3-7-16/h2,4-5,8-10H,7,16H2,1H3,(H,17,18). The molecule has 0 aliphatic rings. The lowest BCUT2D eigenvalue weighted by Gasteiger charge is -2.05. The molecule has 1 aromatic carbocycles. The van der Waals surface area contributed by atoms with E-state index in [1.54, 1.807) is 23.2 Å². The molecule has 0 saturated carbocycles. The molecule has 20 heavy (non-hydrogen) atoms. The molecule has 3 N–H and O–H groups in total. The summed E-state index contributed by atoms with van der Waals surface area (Å²) in [7, 11) is 0. The minimum atomic E-state index is -0.125. The molecule has 5 heteroatoms. The number of benzene rings is 1. The highest BCUT2D eigenvalue weighted by atomic mass is 32.2. The maximum Gasteiger partial charge on any atom is 0.256 e. The van der Waals surface area contributed by atoms with Crippen LogP contribution < -0.4 is 11.1 Å². The fraction of sp³-hybridized carbons (Fsp3) is 0.133. The van der Waals surface area contributed by atoms with Crippen molar-refractivity contribution in [3.05, 3.63) is 46.2 Å². The Balaban J connectivity index is 2.09. The van der Waals surface area contributed by atoms with E-state index in [1.807, 2.05) is 30.5 Å². The number of carbonyl (C=O) groups excluding carboxylic acids is 1. The number of hydrogen-bond donors (Lipinski definition) is 2. The lowest BCUT2D eigenvalue weighted by atomic mass is 10.2. The Hall–Kier alpha value is -1.74. The van der Waals surface area contributed by atoms with Gasteiger partial charge in [0.15, 0.2) is 0 Å². The molecule has 1 amide bonds. The number of nitrogens with two attached hydrogens (primary N) is 1. The Kier molecular flexibility index (Phi) is 5.24. The van der Waals surface area contributed by atoms with Crippen LogP contribution in [0.4, 0.5) is 5.69 Å².